The molecule has 1 aliphatic heterocycles. The lowest BCUT2D eigenvalue weighted by molar-refractivity contribution is 0.0785. The van der Waals surface area contributed by atoms with E-state index in [0.29, 0.717) is 36.0 Å². The van der Waals surface area contributed by atoms with Gasteiger partial charge < -0.3 is 9.64 Å². The summed E-state index contributed by atoms with van der Waals surface area (Å²) in [6.45, 7) is 1.90. The number of H-pyrrole nitrogens is 2. The molecule has 8 heteroatoms. The third-order valence-electron chi connectivity index (χ3n) is 4.74. The summed E-state index contributed by atoms with van der Waals surface area (Å²) in [5, 5.41) is 14.7. The third-order valence-corrected chi connectivity index (χ3v) is 5.05. The minimum absolute atomic E-state index is 0.0149. The zero-order valence-corrected chi connectivity index (χ0v) is 15.4. The molecule has 0 bridgehead atoms. The highest BCUT2D eigenvalue weighted by Gasteiger charge is 2.29. The molecular weight excluding hydrogens is 366 g/mol. The molecule has 0 spiro atoms. The first-order valence-electron chi connectivity index (χ1n) is 8.91. The third kappa shape index (κ3) is 3.98. The molecule has 1 saturated heterocycles. The van der Waals surface area contributed by atoms with Gasteiger partial charge in [-0.25, -0.2) is 0 Å². The number of halogens is 1. The number of amides is 1. The molecule has 3 heterocycles. The first kappa shape index (κ1) is 17.6. The molecule has 0 aliphatic carbocycles. The van der Waals surface area contributed by atoms with Crippen molar-refractivity contribution in [2.45, 2.75) is 18.8 Å². The van der Waals surface area contributed by atoms with Gasteiger partial charge in [-0.3, -0.25) is 15.0 Å². The molecule has 140 valence electrons. The second kappa shape index (κ2) is 7.84. The fourth-order valence-electron chi connectivity index (χ4n) is 3.28. The van der Waals surface area contributed by atoms with Gasteiger partial charge in [0.15, 0.2) is 0 Å². The van der Waals surface area contributed by atoms with Crippen LogP contribution in [0.15, 0.2) is 42.6 Å². The highest BCUT2D eigenvalue weighted by molar-refractivity contribution is 6.32. The van der Waals surface area contributed by atoms with Crippen LogP contribution < -0.4 is 4.74 Å². The van der Waals surface area contributed by atoms with E-state index < -0.39 is 0 Å². The molecule has 0 radical (unpaired) electrons. The van der Waals surface area contributed by atoms with E-state index in [4.69, 9.17) is 16.3 Å². The van der Waals surface area contributed by atoms with Crippen molar-refractivity contribution in [3.63, 3.8) is 0 Å². The zero-order valence-electron chi connectivity index (χ0n) is 14.7. The molecule has 2 N–H and O–H groups in total. The molecule has 1 amide bonds. The number of aromatic amines is 2. The predicted molar refractivity (Wildman–Crippen MR) is 101 cm³/mol. The number of para-hydroxylation sites is 1. The Labute approximate surface area is 161 Å². The van der Waals surface area contributed by atoms with Gasteiger partial charge in [-0.2, -0.15) is 10.2 Å². The van der Waals surface area contributed by atoms with Crippen LogP contribution in [0.4, 0.5) is 0 Å². The Morgan fingerprint density at radius 3 is 3.00 bits per heavy atom. The van der Waals surface area contributed by atoms with Gasteiger partial charge in [0.05, 0.1) is 17.3 Å². The minimum Gasteiger partial charge on any atom is -0.492 e. The average Bonchev–Trinajstić information content (AvgIpc) is 3.44. The monoisotopic (exact) mass is 385 g/mol. The molecule has 1 atom stereocenters. The smallest absolute Gasteiger partial charge is 0.271 e. The van der Waals surface area contributed by atoms with E-state index in [1.807, 2.05) is 29.2 Å². The van der Waals surface area contributed by atoms with Crippen molar-refractivity contribution in [3.05, 3.63) is 64.7 Å². The number of hydrogen-bond donors (Lipinski definition) is 2. The fraction of sp³-hybridized carbons (Fsp3) is 0.316. The topological polar surface area (TPSA) is 86.9 Å². The average molecular weight is 386 g/mol. The normalized spacial score (nSPS) is 16.6. The lowest BCUT2D eigenvalue weighted by Gasteiger charge is -2.14. The van der Waals surface area contributed by atoms with Crippen LogP contribution in [0.5, 0.6) is 5.75 Å². The fourth-order valence-corrected chi connectivity index (χ4v) is 3.47. The first-order valence-corrected chi connectivity index (χ1v) is 9.28. The number of nitrogens with zero attached hydrogens (tertiary/aromatic N) is 3. The summed E-state index contributed by atoms with van der Waals surface area (Å²) in [5.41, 5.74) is 2.52. The maximum Gasteiger partial charge on any atom is 0.271 e. The molecule has 7 nitrogen and oxygen atoms in total. The molecular formula is C19H20ClN5O2. The number of hydrogen-bond acceptors (Lipinski definition) is 4. The number of rotatable bonds is 6. The number of likely N-dealkylation sites (tertiary alicyclic amines) is 1. The van der Waals surface area contributed by atoms with Gasteiger partial charge in [-0.15, -0.1) is 0 Å². The van der Waals surface area contributed by atoms with E-state index in [2.05, 4.69) is 26.5 Å². The Kier molecular flexibility index (Phi) is 5.11. The standard InChI is InChI=1S/C19H20ClN5O2/c20-15-3-1-2-4-18(15)27-10-7-14-11-17(24-22-14)13-6-9-25(12-13)19(26)16-5-8-21-23-16/h1-5,8,11,13H,6-7,9-10,12H2,(H,21,23)(H,22,24). The van der Waals surface area contributed by atoms with Crippen molar-refractivity contribution >= 4 is 17.5 Å². The van der Waals surface area contributed by atoms with E-state index in [0.717, 1.165) is 24.4 Å². The van der Waals surface area contributed by atoms with Crippen LogP contribution in [-0.4, -0.2) is 50.9 Å². The zero-order chi connectivity index (χ0) is 18.6. The van der Waals surface area contributed by atoms with Gasteiger partial charge in [0.1, 0.15) is 11.4 Å². The van der Waals surface area contributed by atoms with Gasteiger partial charge in [-0.05, 0) is 30.7 Å². The van der Waals surface area contributed by atoms with Crippen LogP contribution in [0.1, 0.15) is 34.2 Å². The van der Waals surface area contributed by atoms with Gasteiger partial charge in [0.2, 0.25) is 0 Å². The maximum absolute atomic E-state index is 12.4. The number of aromatic nitrogens is 4. The van der Waals surface area contributed by atoms with Crippen LogP contribution in [-0.2, 0) is 6.42 Å². The lowest BCUT2D eigenvalue weighted by Crippen LogP contribution is -2.28. The van der Waals surface area contributed by atoms with Crippen molar-refractivity contribution in [3.8, 4) is 5.75 Å². The Bertz CT molecular complexity index is 908. The molecule has 1 aliphatic rings. The Hall–Kier alpha value is -2.80. The van der Waals surface area contributed by atoms with Crippen molar-refractivity contribution in [2.75, 3.05) is 19.7 Å². The summed E-state index contributed by atoms with van der Waals surface area (Å²) < 4.78 is 5.72. The Balaban J connectivity index is 1.30. The second-order valence-electron chi connectivity index (χ2n) is 6.55. The van der Waals surface area contributed by atoms with Gasteiger partial charge >= 0.3 is 0 Å². The van der Waals surface area contributed by atoms with Gasteiger partial charge in [-0.1, -0.05) is 23.7 Å². The van der Waals surface area contributed by atoms with Crippen molar-refractivity contribution < 1.29 is 9.53 Å². The quantitative estimate of drug-likeness (QED) is 0.682. The highest BCUT2D eigenvalue weighted by atomic mass is 35.5. The Morgan fingerprint density at radius 2 is 2.19 bits per heavy atom. The van der Waals surface area contributed by atoms with E-state index in [9.17, 15) is 4.79 Å². The maximum atomic E-state index is 12.4. The molecule has 1 aromatic carbocycles. The summed E-state index contributed by atoms with van der Waals surface area (Å²) in [7, 11) is 0. The Morgan fingerprint density at radius 1 is 1.30 bits per heavy atom. The summed E-state index contributed by atoms with van der Waals surface area (Å²) in [4.78, 5) is 14.2. The van der Waals surface area contributed by atoms with Crippen LogP contribution in [0.25, 0.3) is 0 Å². The number of benzene rings is 1. The lowest BCUT2D eigenvalue weighted by atomic mass is 10.0. The molecule has 1 unspecified atom stereocenters. The molecule has 3 aromatic rings. The molecule has 1 fully saturated rings. The van der Waals surface area contributed by atoms with E-state index in [1.54, 1.807) is 12.3 Å². The summed E-state index contributed by atoms with van der Waals surface area (Å²) >= 11 is 6.09. The van der Waals surface area contributed by atoms with Crippen LogP contribution >= 0.6 is 11.6 Å². The van der Waals surface area contributed by atoms with Crippen LogP contribution in [0.3, 0.4) is 0 Å². The van der Waals surface area contributed by atoms with Gasteiger partial charge in [0, 0.05) is 37.3 Å². The SMILES string of the molecule is O=C(c1ccn[nH]1)N1CCC(c2cc(CCOc3ccccc3Cl)[nH]n2)C1. The summed E-state index contributed by atoms with van der Waals surface area (Å²) in [6, 6.07) is 11.2. The first-order chi connectivity index (χ1) is 13.2. The molecule has 27 heavy (non-hydrogen) atoms. The number of ether oxygens (including phenoxy) is 1. The largest absolute Gasteiger partial charge is 0.492 e. The highest BCUT2D eigenvalue weighted by Crippen LogP contribution is 2.27. The second-order valence-corrected chi connectivity index (χ2v) is 6.96. The van der Waals surface area contributed by atoms with Crippen molar-refractivity contribution in [1.29, 1.82) is 0 Å². The predicted octanol–water partition coefficient (Wildman–Crippen LogP) is 3.04. The van der Waals surface area contributed by atoms with Crippen LogP contribution in [0.2, 0.25) is 5.02 Å². The number of carbonyl (C=O) groups excluding carboxylic acids is 1. The summed E-state index contributed by atoms with van der Waals surface area (Å²) in [5.74, 6) is 0.910. The van der Waals surface area contributed by atoms with Gasteiger partial charge in [0.25, 0.3) is 5.91 Å². The minimum atomic E-state index is -0.0149. The number of nitrogens with one attached hydrogen (secondary N) is 2. The van der Waals surface area contributed by atoms with E-state index in [-0.39, 0.29) is 11.8 Å². The number of carbonyl (C=O) groups is 1. The van der Waals surface area contributed by atoms with Crippen molar-refractivity contribution in [2.24, 2.45) is 0 Å². The van der Waals surface area contributed by atoms with E-state index >= 15 is 0 Å². The molecule has 0 saturated carbocycles. The van der Waals surface area contributed by atoms with Crippen molar-refractivity contribution in [1.82, 2.24) is 25.3 Å². The summed E-state index contributed by atoms with van der Waals surface area (Å²) in [6.07, 6.45) is 3.20. The molecule has 2 aromatic heterocycles. The molecule has 4 rings (SSSR count). The van der Waals surface area contributed by atoms with Crippen LogP contribution in [0, 0.1) is 0 Å². The van der Waals surface area contributed by atoms with E-state index in [1.165, 1.54) is 0 Å².